The Morgan fingerprint density at radius 3 is 2.78 bits per heavy atom. The van der Waals surface area contributed by atoms with Crippen molar-refractivity contribution in [2.45, 2.75) is 26.2 Å². The number of anilines is 1. The molecule has 0 aliphatic carbocycles. The summed E-state index contributed by atoms with van der Waals surface area (Å²) in [6.45, 7) is 4.08. The Bertz CT molecular complexity index is 482. The molecule has 1 aromatic carbocycles. The van der Waals surface area contributed by atoms with Crippen LogP contribution in [0.4, 0.5) is 5.69 Å². The first kappa shape index (κ1) is 12.6. The van der Waals surface area contributed by atoms with Gasteiger partial charge in [0, 0.05) is 30.8 Å². The van der Waals surface area contributed by atoms with Crippen LogP contribution < -0.4 is 4.90 Å². The molecular weight excluding hydrogens is 230 g/mol. The molecule has 0 spiro atoms. The minimum absolute atomic E-state index is 0.0750. The van der Waals surface area contributed by atoms with Crippen LogP contribution in [0, 0.1) is 0 Å². The summed E-state index contributed by atoms with van der Waals surface area (Å²) in [4.78, 5) is 24.5. The van der Waals surface area contributed by atoms with Gasteiger partial charge in [0.1, 0.15) is 0 Å². The third-order valence-corrected chi connectivity index (χ3v) is 3.34. The zero-order chi connectivity index (χ0) is 13.1. The Balaban J connectivity index is 2.12. The number of carboxylic acids is 1. The molecule has 0 bridgehead atoms. The van der Waals surface area contributed by atoms with Crippen molar-refractivity contribution in [2.75, 3.05) is 18.0 Å². The first-order chi connectivity index (χ1) is 8.61. The molecule has 2 rings (SSSR count). The second kappa shape index (κ2) is 5.21. The Hall–Kier alpha value is -1.84. The van der Waals surface area contributed by atoms with Crippen molar-refractivity contribution < 1.29 is 14.7 Å². The van der Waals surface area contributed by atoms with Gasteiger partial charge in [-0.2, -0.15) is 0 Å². The third-order valence-electron chi connectivity index (χ3n) is 3.34. The number of Topliss-reactive ketones (excluding diaryl/α,β-unsaturated/α-hetero) is 1. The van der Waals surface area contributed by atoms with Gasteiger partial charge in [-0.15, -0.1) is 0 Å². The maximum absolute atomic E-state index is 11.8. The number of carbonyl (C=O) groups excluding carboxylic acids is 1. The Morgan fingerprint density at radius 1 is 1.33 bits per heavy atom. The third kappa shape index (κ3) is 2.53. The lowest BCUT2D eigenvalue weighted by Gasteiger charge is -2.16. The van der Waals surface area contributed by atoms with E-state index in [1.165, 1.54) is 11.3 Å². The largest absolute Gasteiger partial charge is 0.481 e. The maximum Gasteiger partial charge on any atom is 0.303 e. The van der Waals surface area contributed by atoms with Crippen LogP contribution in [0.5, 0.6) is 0 Å². The Morgan fingerprint density at radius 2 is 2.11 bits per heavy atom. The molecule has 0 fully saturated rings. The molecule has 1 aliphatic rings. The van der Waals surface area contributed by atoms with Gasteiger partial charge in [-0.1, -0.05) is 0 Å². The number of likely N-dealkylation sites (N-methyl/N-ethyl adjacent to an activating group) is 1. The summed E-state index contributed by atoms with van der Waals surface area (Å²) in [5.41, 5.74) is 3.03. The molecule has 18 heavy (non-hydrogen) atoms. The number of fused-ring (bicyclic) bond motifs is 1. The van der Waals surface area contributed by atoms with Crippen molar-refractivity contribution in [2.24, 2.45) is 0 Å². The van der Waals surface area contributed by atoms with E-state index in [1.54, 1.807) is 6.07 Å². The van der Waals surface area contributed by atoms with E-state index in [2.05, 4.69) is 11.8 Å². The number of benzene rings is 1. The normalized spacial score (nSPS) is 13.5. The summed E-state index contributed by atoms with van der Waals surface area (Å²) in [6, 6.07) is 5.69. The average Bonchev–Trinajstić information content (AvgIpc) is 2.77. The zero-order valence-corrected chi connectivity index (χ0v) is 10.5. The van der Waals surface area contributed by atoms with Crippen molar-refractivity contribution in [1.29, 1.82) is 0 Å². The molecule has 1 aliphatic heterocycles. The van der Waals surface area contributed by atoms with E-state index in [-0.39, 0.29) is 18.6 Å². The predicted molar refractivity (Wildman–Crippen MR) is 69.2 cm³/mol. The summed E-state index contributed by atoms with van der Waals surface area (Å²) >= 11 is 0. The van der Waals surface area contributed by atoms with Crippen molar-refractivity contribution in [3.8, 4) is 0 Å². The van der Waals surface area contributed by atoms with Gasteiger partial charge < -0.3 is 10.0 Å². The van der Waals surface area contributed by atoms with Gasteiger partial charge in [0.05, 0.1) is 6.42 Å². The first-order valence-electron chi connectivity index (χ1n) is 6.24. The smallest absolute Gasteiger partial charge is 0.303 e. The van der Waals surface area contributed by atoms with Gasteiger partial charge in [0.2, 0.25) is 0 Å². The molecule has 4 heteroatoms. The number of aliphatic carboxylic acids is 1. The topological polar surface area (TPSA) is 57.6 Å². The van der Waals surface area contributed by atoms with Crippen molar-refractivity contribution in [3.63, 3.8) is 0 Å². The SMILES string of the molecule is CCN1CCc2cc(C(=O)CCC(=O)O)ccc21. The monoisotopic (exact) mass is 247 g/mol. The molecule has 0 saturated heterocycles. The lowest BCUT2D eigenvalue weighted by Crippen LogP contribution is -2.19. The van der Waals surface area contributed by atoms with Crippen LogP contribution in [0.25, 0.3) is 0 Å². The molecule has 1 N–H and O–H groups in total. The zero-order valence-electron chi connectivity index (χ0n) is 10.5. The fourth-order valence-electron chi connectivity index (χ4n) is 2.34. The van der Waals surface area contributed by atoms with Gasteiger partial charge in [-0.25, -0.2) is 0 Å². The molecule has 0 unspecified atom stereocenters. The molecule has 0 atom stereocenters. The van der Waals surface area contributed by atoms with Crippen LogP contribution in [0.3, 0.4) is 0 Å². The highest BCUT2D eigenvalue weighted by molar-refractivity contribution is 5.98. The minimum Gasteiger partial charge on any atom is -0.481 e. The maximum atomic E-state index is 11.8. The fraction of sp³-hybridized carbons (Fsp3) is 0.429. The van der Waals surface area contributed by atoms with Crippen LogP contribution in [-0.4, -0.2) is 29.9 Å². The molecule has 96 valence electrons. The summed E-state index contributed by atoms with van der Waals surface area (Å²) in [7, 11) is 0. The quantitative estimate of drug-likeness (QED) is 0.810. The Kier molecular flexibility index (Phi) is 3.65. The summed E-state index contributed by atoms with van der Waals surface area (Å²) in [6.07, 6.45) is 0.936. The first-order valence-corrected chi connectivity index (χ1v) is 6.24. The van der Waals surface area contributed by atoms with Crippen molar-refractivity contribution in [3.05, 3.63) is 29.3 Å². The van der Waals surface area contributed by atoms with Gasteiger partial charge in [0.15, 0.2) is 5.78 Å². The van der Waals surface area contributed by atoms with Crippen LogP contribution in [0.1, 0.15) is 35.7 Å². The van der Waals surface area contributed by atoms with E-state index in [1.807, 2.05) is 12.1 Å². The lowest BCUT2D eigenvalue weighted by atomic mass is 10.0. The highest BCUT2D eigenvalue weighted by atomic mass is 16.4. The fourth-order valence-corrected chi connectivity index (χ4v) is 2.34. The average molecular weight is 247 g/mol. The number of rotatable bonds is 5. The second-order valence-corrected chi connectivity index (χ2v) is 4.49. The van der Waals surface area contributed by atoms with Crippen LogP contribution in [0.2, 0.25) is 0 Å². The number of hydrogen-bond acceptors (Lipinski definition) is 3. The summed E-state index contributed by atoms with van der Waals surface area (Å²) in [5.74, 6) is -1.02. The van der Waals surface area contributed by atoms with Crippen LogP contribution in [-0.2, 0) is 11.2 Å². The van der Waals surface area contributed by atoms with E-state index in [4.69, 9.17) is 5.11 Å². The van der Waals surface area contributed by atoms with Crippen molar-refractivity contribution in [1.82, 2.24) is 0 Å². The van der Waals surface area contributed by atoms with Crippen molar-refractivity contribution >= 4 is 17.4 Å². The summed E-state index contributed by atoms with van der Waals surface area (Å²) in [5, 5.41) is 8.57. The molecule has 0 radical (unpaired) electrons. The second-order valence-electron chi connectivity index (χ2n) is 4.49. The van der Waals surface area contributed by atoms with Gasteiger partial charge in [0.25, 0.3) is 0 Å². The molecule has 0 saturated carbocycles. The molecule has 1 aromatic rings. The molecular formula is C14H17NO3. The lowest BCUT2D eigenvalue weighted by molar-refractivity contribution is -0.136. The van der Waals surface area contributed by atoms with Gasteiger partial charge in [-0.3, -0.25) is 9.59 Å². The molecule has 4 nitrogen and oxygen atoms in total. The predicted octanol–water partition coefficient (Wildman–Crippen LogP) is 2.12. The van der Waals surface area contributed by atoms with E-state index in [0.717, 1.165) is 19.5 Å². The number of carboxylic acid groups (broad SMARTS) is 1. The highest BCUT2D eigenvalue weighted by Gasteiger charge is 2.19. The van der Waals surface area contributed by atoms with E-state index < -0.39 is 5.97 Å². The van der Waals surface area contributed by atoms with Crippen LogP contribution in [0.15, 0.2) is 18.2 Å². The van der Waals surface area contributed by atoms with Gasteiger partial charge in [-0.05, 0) is 37.1 Å². The van der Waals surface area contributed by atoms with E-state index >= 15 is 0 Å². The Labute approximate surface area is 106 Å². The molecule has 0 aromatic heterocycles. The van der Waals surface area contributed by atoms with Gasteiger partial charge >= 0.3 is 5.97 Å². The highest BCUT2D eigenvalue weighted by Crippen LogP contribution is 2.28. The molecule has 0 amide bonds. The standard InChI is InChI=1S/C14H17NO3/c1-2-15-8-7-10-9-11(3-4-12(10)15)13(16)5-6-14(17)18/h3-4,9H,2,5-8H2,1H3,(H,17,18). The minimum atomic E-state index is -0.929. The number of carbonyl (C=O) groups is 2. The van der Waals surface area contributed by atoms with E-state index in [0.29, 0.717) is 5.56 Å². The van der Waals surface area contributed by atoms with E-state index in [9.17, 15) is 9.59 Å². The number of nitrogens with zero attached hydrogens (tertiary/aromatic N) is 1. The van der Waals surface area contributed by atoms with Crippen LogP contribution >= 0.6 is 0 Å². The summed E-state index contributed by atoms with van der Waals surface area (Å²) < 4.78 is 0. The molecule has 1 heterocycles. The number of hydrogen-bond donors (Lipinski definition) is 1. The number of ketones is 1.